The first-order valence-corrected chi connectivity index (χ1v) is 5.74. The minimum absolute atomic E-state index is 0.681. The summed E-state index contributed by atoms with van der Waals surface area (Å²) in [6, 6.07) is 7.45. The second-order valence-electron chi connectivity index (χ2n) is 3.28. The number of aromatic nitrogens is 2. The molecule has 0 N–H and O–H groups in total. The molecule has 0 aliphatic rings. The Hall–Kier alpha value is -1.62. The molecule has 16 heavy (non-hydrogen) atoms. The molecule has 0 aliphatic carbocycles. The fraction of sp³-hybridized carbons (Fsp3) is 0.182. The van der Waals surface area contributed by atoms with Crippen LogP contribution in [0.1, 0.15) is 21.7 Å². The molecule has 0 bridgehead atoms. The van der Waals surface area contributed by atoms with Crippen LogP contribution in [0.5, 0.6) is 0 Å². The van der Waals surface area contributed by atoms with E-state index in [1.807, 2.05) is 25.1 Å². The van der Waals surface area contributed by atoms with Crippen molar-refractivity contribution in [3.8, 4) is 0 Å². The van der Waals surface area contributed by atoms with Crippen LogP contribution in [0.4, 0.5) is 0 Å². The quantitative estimate of drug-likeness (QED) is 0.601. The lowest BCUT2D eigenvalue weighted by molar-refractivity contribution is 0.112. The molecule has 5 heteroatoms. The van der Waals surface area contributed by atoms with Gasteiger partial charge in [0.05, 0.1) is 0 Å². The predicted molar refractivity (Wildman–Crippen MR) is 60.4 cm³/mol. The molecule has 0 unspecified atom stereocenters. The van der Waals surface area contributed by atoms with Crippen LogP contribution in [0.2, 0.25) is 0 Å². The maximum absolute atomic E-state index is 10.6. The number of hydrogen-bond donors (Lipinski definition) is 0. The van der Waals surface area contributed by atoms with Crippen LogP contribution in [-0.2, 0) is 5.75 Å². The first-order chi connectivity index (χ1) is 7.79. The molecule has 0 radical (unpaired) electrons. The lowest BCUT2D eigenvalue weighted by Gasteiger charge is -1.99. The van der Waals surface area contributed by atoms with Gasteiger partial charge < -0.3 is 0 Å². The molecule has 4 nitrogen and oxygen atoms in total. The Bertz CT molecular complexity index is 496. The van der Waals surface area contributed by atoms with Gasteiger partial charge in [0.15, 0.2) is 0 Å². The Morgan fingerprint density at radius 3 is 3.00 bits per heavy atom. The van der Waals surface area contributed by atoms with E-state index in [1.54, 1.807) is 17.8 Å². The molecule has 1 aromatic carbocycles. The third kappa shape index (κ3) is 2.49. The number of rotatable bonds is 4. The Labute approximate surface area is 97.0 Å². The van der Waals surface area contributed by atoms with Crippen molar-refractivity contribution in [2.24, 2.45) is 0 Å². The molecular formula is C11H10N2O2S. The summed E-state index contributed by atoms with van der Waals surface area (Å²) < 4.78 is 4.61. The van der Waals surface area contributed by atoms with Crippen LogP contribution in [0.25, 0.3) is 0 Å². The van der Waals surface area contributed by atoms with Gasteiger partial charge in [0.25, 0.3) is 0 Å². The van der Waals surface area contributed by atoms with E-state index in [9.17, 15) is 4.79 Å². The van der Waals surface area contributed by atoms with E-state index in [4.69, 9.17) is 0 Å². The van der Waals surface area contributed by atoms with Crippen LogP contribution >= 0.6 is 11.8 Å². The van der Waals surface area contributed by atoms with Gasteiger partial charge in [-0.25, -0.2) is 4.63 Å². The number of benzene rings is 1. The molecule has 1 aromatic heterocycles. The second kappa shape index (κ2) is 4.94. The van der Waals surface area contributed by atoms with Crippen LogP contribution < -0.4 is 0 Å². The predicted octanol–water partition coefficient (Wildman–Crippen LogP) is 2.48. The largest absolute Gasteiger partial charge is 0.298 e. The Kier molecular flexibility index (Phi) is 3.36. The van der Waals surface area contributed by atoms with Gasteiger partial charge in [-0.2, -0.15) is 0 Å². The van der Waals surface area contributed by atoms with Gasteiger partial charge in [-0.1, -0.05) is 22.4 Å². The molecule has 2 aromatic rings. The maximum atomic E-state index is 10.6. The molecule has 0 atom stereocenters. The van der Waals surface area contributed by atoms with Gasteiger partial charge in [-0.3, -0.25) is 4.79 Å². The molecular weight excluding hydrogens is 224 g/mol. The Morgan fingerprint density at radius 2 is 2.31 bits per heavy atom. The van der Waals surface area contributed by atoms with Gasteiger partial charge in [0.1, 0.15) is 17.7 Å². The molecule has 2 rings (SSSR count). The van der Waals surface area contributed by atoms with Crippen molar-refractivity contribution in [3.63, 3.8) is 0 Å². The van der Waals surface area contributed by atoms with E-state index in [2.05, 4.69) is 14.9 Å². The summed E-state index contributed by atoms with van der Waals surface area (Å²) in [6.07, 6.45) is 0.840. The van der Waals surface area contributed by atoms with Gasteiger partial charge >= 0.3 is 0 Å². The smallest absolute Gasteiger partial charge is 0.150 e. The molecule has 0 saturated heterocycles. The van der Waals surface area contributed by atoms with Crippen molar-refractivity contribution >= 4 is 18.0 Å². The minimum atomic E-state index is 0.681. The lowest BCUT2D eigenvalue weighted by Crippen LogP contribution is -1.85. The van der Waals surface area contributed by atoms with Gasteiger partial charge in [0.2, 0.25) is 0 Å². The number of nitrogens with zero attached hydrogens (tertiary/aromatic N) is 2. The van der Waals surface area contributed by atoms with Gasteiger partial charge in [-0.15, -0.1) is 11.8 Å². The zero-order chi connectivity index (χ0) is 11.4. The lowest BCUT2D eigenvalue weighted by atomic mass is 10.2. The summed E-state index contributed by atoms with van der Waals surface area (Å²) in [6.45, 7) is 1.86. The SMILES string of the molecule is Cc1nonc1CSc1cccc(C=O)c1. The summed E-state index contributed by atoms with van der Waals surface area (Å²) in [7, 11) is 0. The summed E-state index contributed by atoms with van der Waals surface area (Å²) in [5.41, 5.74) is 2.32. The van der Waals surface area contributed by atoms with Crippen LogP contribution in [0.3, 0.4) is 0 Å². The van der Waals surface area contributed by atoms with E-state index in [0.717, 1.165) is 22.6 Å². The molecule has 0 saturated carbocycles. The first-order valence-electron chi connectivity index (χ1n) is 4.75. The highest BCUT2D eigenvalue weighted by molar-refractivity contribution is 7.98. The van der Waals surface area contributed by atoms with Crippen LogP contribution in [-0.4, -0.2) is 16.6 Å². The molecule has 1 heterocycles. The first kappa shape index (κ1) is 10.9. The average molecular weight is 234 g/mol. The van der Waals surface area contributed by atoms with Crippen molar-refractivity contribution in [2.45, 2.75) is 17.6 Å². The third-order valence-corrected chi connectivity index (χ3v) is 3.12. The summed E-state index contributed by atoms with van der Waals surface area (Å²) in [4.78, 5) is 11.6. The topological polar surface area (TPSA) is 56.0 Å². The van der Waals surface area contributed by atoms with Crippen molar-refractivity contribution in [1.82, 2.24) is 10.3 Å². The van der Waals surface area contributed by atoms with E-state index < -0.39 is 0 Å². The molecule has 0 spiro atoms. The second-order valence-corrected chi connectivity index (χ2v) is 4.32. The van der Waals surface area contributed by atoms with Crippen molar-refractivity contribution < 1.29 is 9.42 Å². The number of carbonyl (C=O) groups is 1. The average Bonchev–Trinajstić information content (AvgIpc) is 2.72. The third-order valence-electron chi connectivity index (χ3n) is 2.12. The number of carbonyl (C=O) groups excluding carboxylic acids is 1. The zero-order valence-electron chi connectivity index (χ0n) is 8.71. The fourth-order valence-corrected chi connectivity index (χ4v) is 2.17. The Morgan fingerprint density at radius 1 is 1.44 bits per heavy atom. The maximum Gasteiger partial charge on any atom is 0.150 e. The number of aryl methyl sites for hydroxylation is 1. The minimum Gasteiger partial charge on any atom is -0.298 e. The highest BCUT2D eigenvalue weighted by Crippen LogP contribution is 2.23. The fourth-order valence-electron chi connectivity index (χ4n) is 1.21. The zero-order valence-corrected chi connectivity index (χ0v) is 9.53. The highest BCUT2D eigenvalue weighted by atomic mass is 32.2. The number of hydrogen-bond acceptors (Lipinski definition) is 5. The van der Waals surface area contributed by atoms with Crippen molar-refractivity contribution in [1.29, 1.82) is 0 Å². The van der Waals surface area contributed by atoms with Crippen molar-refractivity contribution in [2.75, 3.05) is 0 Å². The van der Waals surface area contributed by atoms with Gasteiger partial charge in [0, 0.05) is 16.2 Å². The molecule has 0 aliphatic heterocycles. The summed E-state index contributed by atoms with van der Waals surface area (Å²) >= 11 is 1.60. The van der Waals surface area contributed by atoms with Gasteiger partial charge in [-0.05, 0) is 19.1 Å². The number of thioether (sulfide) groups is 1. The Balaban J connectivity index is 2.04. The number of aldehydes is 1. The van der Waals surface area contributed by atoms with Crippen LogP contribution in [0.15, 0.2) is 33.8 Å². The molecule has 82 valence electrons. The highest BCUT2D eigenvalue weighted by Gasteiger charge is 2.05. The van der Waals surface area contributed by atoms with E-state index in [1.165, 1.54) is 0 Å². The van der Waals surface area contributed by atoms with E-state index in [-0.39, 0.29) is 0 Å². The van der Waals surface area contributed by atoms with Crippen molar-refractivity contribution in [3.05, 3.63) is 41.2 Å². The monoisotopic (exact) mass is 234 g/mol. The summed E-state index contributed by atoms with van der Waals surface area (Å²) in [5.74, 6) is 0.692. The van der Waals surface area contributed by atoms with E-state index in [0.29, 0.717) is 11.3 Å². The molecule has 0 amide bonds. The van der Waals surface area contributed by atoms with Crippen LogP contribution in [0, 0.1) is 6.92 Å². The molecule has 0 fully saturated rings. The normalized spacial score (nSPS) is 10.3. The van der Waals surface area contributed by atoms with E-state index >= 15 is 0 Å². The standard InChI is InChI=1S/C11H10N2O2S/c1-8-11(13-15-12-8)7-16-10-4-2-3-9(5-10)6-14/h2-6H,7H2,1H3. The summed E-state index contributed by atoms with van der Waals surface area (Å²) in [5, 5.41) is 7.50.